The smallest absolute Gasteiger partial charge is 0.127 e. The molecule has 0 radical (unpaired) electrons. The number of halogens is 2. The molecule has 2 heteroatoms. The van der Waals surface area contributed by atoms with Crippen molar-refractivity contribution in [1.29, 1.82) is 0 Å². The lowest BCUT2D eigenvalue weighted by molar-refractivity contribution is 0.446. The van der Waals surface area contributed by atoms with E-state index in [0.717, 1.165) is 35.1 Å². The monoisotopic (exact) mass is 330 g/mol. The van der Waals surface area contributed by atoms with Crippen molar-refractivity contribution in [2.24, 2.45) is 0 Å². The highest BCUT2D eigenvalue weighted by Crippen LogP contribution is 2.34. The van der Waals surface area contributed by atoms with Crippen molar-refractivity contribution in [1.82, 2.24) is 0 Å². The first-order valence-electron chi connectivity index (χ1n) is 8.57. The van der Waals surface area contributed by atoms with Crippen LogP contribution in [0.5, 0.6) is 0 Å². The van der Waals surface area contributed by atoms with Gasteiger partial charge in [0, 0.05) is 0 Å². The molecule has 0 amide bonds. The van der Waals surface area contributed by atoms with E-state index in [2.05, 4.69) is 13.8 Å². The molecule has 0 unspecified atom stereocenters. The van der Waals surface area contributed by atoms with Gasteiger partial charge in [-0.3, -0.25) is 0 Å². The Morgan fingerprint density at radius 1 is 0.875 bits per heavy atom. The van der Waals surface area contributed by atoms with Crippen LogP contribution in [0.25, 0.3) is 0 Å². The quantitative estimate of drug-likeness (QED) is 0.602. The van der Waals surface area contributed by atoms with E-state index in [0.29, 0.717) is 0 Å². The maximum atomic E-state index is 14.3. The van der Waals surface area contributed by atoms with Gasteiger partial charge >= 0.3 is 0 Å². The fourth-order valence-corrected chi connectivity index (χ4v) is 3.37. The second kappa shape index (κ2) is 6.66. The Balaban J connectivity index is 2.24. The summed E-state index contributed by atoms with van der Waals surface area (Å²) in [7, 11) is 0. The second-order valence-corrected chi connectivity index (χ2v) is 8.38. The van der Waals surface area contributed by atoms with Gasteiger partial charge in [-0.05, 0) is 65.0 Å². The van der Waals surface area contributed by atoms with E-state index in [1.54, 1.807) is 12.1 Å². The van der Waals surface area contributed by atoms with Crippen LogP contribution in [0.1, 0.15) is 63.3 Å². The van der Waals surface area contributed by atoms with Crippen LogP contribution in [0.15, 0.2) is 36.4 Å². The molecule has 0 aliphatic carbocycles. The van der Waals surface area contributed by atoms with E-state index in [4.69, 9.17) is 0 Å². The summed E-state index contributed by atoms with van der Waals surface area (Å²) in [4.78, 5) is 0. The van der Waals surface area contributed by atoms with Crippen molar-refractivity contribution in [2.75, 3.05) is 0 Å². The highest BCUT2D eigenvalue weighted by molar-refractivity contribution is 5.35. The standard InChI is InChI=1S/C22H28F2/c1-15-8-7-9-19(24)20(15)22(5,6)13-12-16-10-11-18(23)17(14-16)21(2,3)4/h7-11,14H,12-13H2,1-6H3. The van der Waals surface area contributed by atoms with Gasteiger partial charge in [0.1, 0.15) is 11.6 Å². The lowest BCUT2D eigenvalue weighted by atomic mass is 9.77. The minimum absolute atomic E-state index is 0.144. The zero-order chi connectivity index (χ0) is 18.1. The molecular weight excluding hydrogens is 302 g/mol. The molecule has 0 nitrogen and oxygen atoms in total. The molecule has 2 aromatic carbocycles. The van der Waals surface area contributed by atoms with Crippen molar-refractivity contribution < 1.29 is 8.78 Å². The Kier molecular flexibility index (Phi) is 5.17. The molecule has 0 saturated heterocycles. The molecular formula is C22H28F2. The van der Waals surface area contributed by atoms with Gasteiger partial charge in [0.15, 0.2) is 0 Å². The molecule has 0 N–H and O–H groups in total. The molecule has 2 aromatic rings. The number of rotatable bonds is 4. The minimum atomic E-state index is -0.272. The Labute approximate surface area is 144 Å². The third-order valence-corrected chi connectivity index (χ3v) is 4.78. The molecule has 0 fully saturated rings. The van der Waals surface area contributed by atoms with Gasteiger partial charge in [0.25, 0.3) is 0 Å². The van der Waals surface area contributed by atoms with Crippen molar-refractivity contribution in [3.63, 3.8) is 0 Å². The first-order chi connectivity index (χ1) is 11.0. The van der Waals surface area contributed by atoms with Gasteiger partial charge in [-0.25, -0.2) is 8.78 Å². The third kappa shape index (κ3) is 4.03. The summed E-state index contributed by atoms with van der Waals surface area (Å²) in [6.07, 6.45) is 1.61. The number of aryl methyl sites for hydroxylation is 2. The Hall–Kier alpha value is -1.70. The lowest BCUT2D eigenvalue weighted by Crippen LogP contribution is -2.21. The molecule has 0 spiro atoms. The fraction of sp³-hybridized carbons (Fsp3) is 0.455. The van der Waals surface area contributed by atoms with Crippen molar-refractivity contribution in [2.45, 2.75) is 65.2 Å². The van der Waals surface area contributed by atoms with Crippen LogP contribution in [-0.4, -0.2) is 0 Å². The number of hydrogen-bond acceptors (Lipinski definition) is 0. The highest BCUT2D eigenvalue weighted by Gasteiger charge is 2.26. The normalized spacial score (nSPS) is 12.5. The highest BCUT2D eigenvalue weighted by atomic mass is 19.1. The van der Waals surface area contributed by atoms with E-state index in [1.807, 2.05) is 45.9 Å². The maximum Gasteiger partial charge on any atom is 0.127 e. The summed E-state index contributed by atoms with van der Waals surface area (Å²) in [5, 5.41) is 0. The van der Waals surface area contributed by atoms with Crippen molar-refractivity contribution >= 4 is 0 Å². The van der Waals surface area contributed by atoms with Gasteiger partial charge in [-0.15, -0.1) is 0 Å². The third-order valence-electron chi connectivity index (χ3n) is 4.78. The first kappa shape index (κ1) is 18.6. The molecule has 2 rings (SSSR count). The van der Waals surface area contributed by atoms with Crippen molar-refractivity contribution in [3.8, 4) is 0 Å². The summed E-state index contributed by atoms with van der Waals surface area (Å²) in [5.74, 6) is -0.301. The molecule has 0 bridgehead atoms. The van der Waals surface area contributed by atoms with Crippen LogP contribution in [0.3, 0.4) is 0 Å². The van der Waals surface area contributed by atoms with Crippen LogP contribution in [0.4, 0.5) is 8.78 Å². The predicted octanol–water partition coefficient (Wildman–Crippen LogP) is 6.48. The number of benzene rings is 2. The van der Waals surface area contributed by atoms with Crippen LogP contribution in [-0.2, 0) is 17.3 Å². The maximum absolute atomic E-state index is 14.3. The van der Waals surface area contributed by atoms with Gasteiger partial charge in [0.05, 0.1) is 0 Å². The average molecular weight is 330 g/mol. The fourth-order valence-electron chi connectivity index (χ4n) is 3.37. The zero-order valence-corrected chi connectivity index (χ0v) is 15.6. The Bertz CT molecular complexity index is 701. The van der Waals surface area contributed by atoms with Gasteiger partial charge in [0.2, 0.25) is 0 Å². The van der Waals surface area contributed by atoms with Crippen LogP contribution < -0.4 is 0 Å². The average Bonchev–Trinajstić information content (AvgIpc) is 2.44. The van der Waals surface area contributed by atoms with E-state index in [9.17, 15) is 8.78 Å². The predicted molar refractivity (Wildman–Crippen MR) is 97.6 cm³/mol. The number of hydrogen-bond donors (Lipinski definition) is 0. The zero-order valence-electron chi connectivity index (χ0n) is 15.6. The molecule has 0 heterocycles. The second-order valence-electron chi connectivity index (χ2n) is 8.38. The van der Waals surface area contributed by atoms with Crippen LogP contribution >= 0.6 is 0 Å². The molecule has 0 atom stereocenters. The largest absolute Gasteiger partial charge is 0.207 e. The minimum Gasteiger partial charge on any atom is -0.207 e. The molecule has 130 valence electrons. The van der Waals surface area contributed by atoms with Crippen molar-refractivity contribution in [3.05, 3.63) is 70.3 Å². The van der Waals surface area contributed by atoms with Gasteiger partial charge in [-0.2, -0.15) is 0 Å². The van der Waals surface area contributed by atoms with E-state index >= 15 is 0 Å². The molecule has 0 aliphatic rings. The van der Waals surface area contributed by atoms with E-state index < -0.39 is 0 Å². The summed E-state index contributed by atoms with van der Waals surface area (Å²) in [6, 6.07) is 10.6. The molecule has 0 aromatic heterocycles. The SMILES string of the molecule is Cc1cccc(F)c1C(C)(C)CCc1ccc(F)c(C(C)(C)C)c1. The van der Waals surface area contributed by atoms with Crippen LogP contribution in [0, 0.1) is 18.6 Å². The van der Waals surface area contributed by atoms with E-state index in [1.165, 1.54) is 6.07 Å². The van der Waals surface area contributed by atoms with Gasteiger partial charge < -0.3 is 0 Å². The lowest BCUT2D eigenvalue weighted by Gasteiger charge is -2.28. The summed E-state index contributed by atoms with van der Waals surface area (Å²) < 4.78 is 28.4. The van der Waals surface area contributed by atoms with Gasteiger partial charge in [-0.1, -0.05) is 58.9 Å². The molecule has 0 saturated carbocycles. The van der Waals surface area contributed by atoms with E-state index in [-0.39, 0.29) is 22.5 Å². The first-order valence-corrected chi connectivity index (χ1v) is 8.57. The summed E-state index contributed by atoms with van der Waals surface area (Å²) >= 11 is 0. The summed E-state index contributed by atoms with van der Waals surface area (Å²) in [6.45, 7) is 12.2. The molecule has 24 heavy (non-hydrogen) atoms. The molecule has 0 aliphatic heterocycles. The Morgan fingerprint density at radius 2 is 1.54 bits per heavy atom. The summed E-state index contributed by atoms with van der Waals surface area (Å²) in [5.41, 5.74) is 3.10. The topological polar surface area (TPSA) is 0 Å². The Morgan fingerprint density at radius 3 is 2.12 bits per heavy atom. The van der Waals surface area contributed by atoms with Crippen LogP contribution in [0.2, 0.25) is 0 Å².